The van der Waals surface area contributed by atoms with Crippen molar-refractivity contribution in [1.82, 2.24) is 5.32 Å². The number of ether oxygens (including phenoxy) is 1. The number of aliphatic hydroxyl groups is 1. The lowest BCUT2D eigenvalue weighted by Gasteiger charge is -2.33. The van der Waals surface area contributed by atoms with Crippen LogP contribution in [0.2, 0.25) is 5.02 Å². The van der Waals surface area contributed by atoms with E-state index < -0.39 is 5.54 Å². The molecule has 0 radical (unpaired) electrons. The molecule has 21 heavy (non-hydrogen) atoms. The van der Waals surface area contributed by atoms with Crippen molar-refractivity contribution < 1.29 is 14.6 Å². The summed E-state index contributed by atoms with van der Waals surface area (Å²) in [5.41, 5.74) is 2.27. The maximum Gasteiger partial charge on any atom is 0.256 e. The van der Waals surface area contributed by atoms with Gasteiger partial charge in [0.25, 0.3) is 5.91 Å². The molecular formula is C16H18ClNO3. The minimum Gasteiger partial charge on any atom is -0.509 e. The molecule has 1 aromatic rings. The molecule has 0 unspecified atom stereocenters. The van der Waals surface area contributed by atoms with Crippen molar-refractivity contribution >= 4 is 23.1 Å². The number of hydrogen-bond donors (Lipinski definition) is 2. The smallest absolute Gasteiger partial charge is 0.256 e. The van der Waals surface area contributed by atoms with Gasteiger partial charge >= 0.3 is 0 Å². The van der Waals surface area contributed by atoms with Crippen LogP contribution in [-0.4, -0.2) is 29.8 Å². The van der Waals surface area contributed by atoms with E-state index in [-0.39, 0.29) is 11.7 Å². The summed E-state index contributed by atoms with van der Waals surface area (Å²) < 4.78 is 5.34. The first-order valence-electron chi connectivity index (χ1n) is 7.06. The van der Waals surface area contributed by atoms with Crippen LogP contribution in [0.1, 0.15) is 29.5 Å². The van der Waals surface area contributed by atoms with E-state index >= 15 is 0 Å². The number of halogens is 1. The Bertz CT molecular complexity index is 622. The normalized spacial score (nSPS) is 21.0. The van der Waals surface area contributed by atoms with Gasteiger partial charge in [-0.15, -0.1) is 0 Å². The molecule has 1 aromatic carbocycles. The van der Waals surface area contributed by atoms with Crippen LogP contribution in [0.25, 0.3) is 5.57 Å². The lowest BCUT2D eigenvalue weighted by Crippen LogP contribution is -2.48. The average molecular weight is 308 g/mol. The molecule has 0 aromatic heterocycles. The number of amides is 1. The quantitative estimate of drug-likeness (QED) is 0.838. The summed E-state index contributed by atoms with van der Waals surface area (Å²) in [6, 6.07) is 3.62. The summed E-state index contributed by atoms with van der Waals surface area (Å²) in [6.07, 6.45) is 1.19. The Morgan fingerprint density at radius 2 is 1.81 bits per heavy atom. The summed E-state index contributed by atoms with van der Waals surface area (Å²) >= 11 is 6.05. The summed E-state index contributed by atoms with van der Waals surface area (Å²) in [6.45, 7) is 4.87. The Labute approximate surface area is 128 Å². The summed E-state index contributed by atoms with van der Waals surface area (Å²) in [4.78, 5) is 12.4. The second kappa shape index (κ2) is 5.04. The molecule has 112 valence electrons. The monoisotopic (exact) mass is 307 g/mol. The van der Waals surface area contributed by atoms with Gasteiger partial charge in [-0.05, 0) is 42.7 Å². The number of nitrogens with one attached hydrogen (secondary N) is 1. The summed E-state index contributed by atoms with van der Waals surface area (Å²) in [5, 5.41) is 14.3. The zero-order valence-corrected chi connectivity index (χ0v) is 12.9. The highest BCUT2D eigenvalue weighted by molar-refractivity contribution is 6.31. The van der Waals surface area contributed by atoms with E-state index in [1.54, 1.807) is 0 Å². The summed E-state index contributed by atoms with van der Waals surface area (Å²) in [5.74, 6) is -0.0766. The van der Waals surface area contributed by atoms with Crippen LogP contribution in [0.15, 0.2) is 17.9 Å². The van der Waals surface area contributed by atoms with E-state index in [2.05, 4.69) is 5.32 Å². The molecule has 3 rings (SSSR count). The Hall–Kier alpha value is -1.52. The molecule has 2 N–H and O–H groups in total. The number of carbonyl (C=O) groups excluding carboxylic acids is 1. The van der Waals surface area contributed by atoms with Crippen molar-refractivity contribution in [2.24, 2.45) is 0 Å². The van der Waals surface area contributed by atoms with Crippen LogP contribution >= 0.6 is 11.6 Å². The number of aryl methyl sites for hydroxylation is 2. The average Bonchev–Trinajstić information content (AvgIpc) is 2.63. The fraction of sp³-hybridized carbons (Fsp3) is 0.438. The van der Waals surface area contributed by atoms with E-state index in [9.17, 15) is 9.90 Å². The first-order valence-corrected chi connectivity index (χ1v) is 7.43. The molecule has 1 saturated heterocycles. The molecular weight excluding hydrogens is 290 g/mol. The van der Waals surface area contributed by atoms with Crippen LogP contribution in [0.5, 0.6) is 0 Å². The van der Waals surface area contributed by atoms with Crippen molar-refractivity contribution in [2.45, 2.75) is 32.2 Å². The van der Waals surface area contributed by atoms with Crippen LogP contribution in [0.4, 0.5) is 0 Å². The third-order valence-corrected chi connectivity index (χ3v) is 4.58. The van der Waals surface area contributed by atoms with Crippen molar-refractivity contribution in [3.8, 4) is 0 Å². The van der Waals surface area contributed by atoms with Crippen LogP contribution in [0.3, 0.4) is 0 Å². The van der Waals surface area contributed by atoms with Crippen molar-refractivity contribution in [2.75, 3.05) is 13.2 Å². The fourth-order valence-electron chi connectivity index (χ4n) is 3.30. The topological polar surface area (TPSA) is 58.6 Å². The molecule has 0 bridgehead atoms. The third-order valence-electron chi connectivity index (χ3n) is 4.36. The Morgan fingerprint density at radius 3 is 2.38 bits per heavy atom. The van der Waals surface area contributed by atoms with Crippen LogP contribution in [-0.2, 0) is 9.53 Å². The Morgan fingerprint density at radius 1 is 1.24 bits per heavy atom. The fourth-order valence-corrected chi connectivity index (χ4v) is 3.63. The SMILES string of the molecule is Cc1cc(Cl)cc(C)c1C1=C(O)C2(CCOCC2)NC1=O. The predicted molar refractivity (Wildman–Crippen MR) is 81.4 cm³/mol. The Kier molecular flexibility index (Phi) is 3.46. The largest absolute Gasteiger partial charge is 0.509 e. The van der Waals surface area contributed by atoms with E-state index in [4.69, 9.17) is 16.3 Å². The standard InChI is InChI=1S/C16H18ClNO3/c1-9-7-11(17)8-10(2)12(9)13-14(19)16(18-15(13)20)3-5-21-6-4-16/h7-8,19H,3-6H2,1-2H3,(H,18,20). The number of aliphatic hydroxyl groups excluding tert-OH is 1. The highest BCUT2D eigenvalue weighted by Gasteiger charge is 2.47. The van der Waals surface area contributed by atoms with Gasteiger partial charge < -0.3 is 15.2 Å². The third kappa shape index (κ3) is 2.23. The minimum atomic E-state index is -0.664. The van der Waals surface area contributed by atoms with Crippen LogP contribution in [0, 0.1) is 13.8 Å². The molecule has 1 fully saturated rings. The maximum absolute atomic E-state index is 12.4. The van der Waals surface area contributed by atoms with Crippen LogP contribution < -0.4 is 5.32 Å². The van der Waals surface area contributed by atoms with Gasteiger partial charge in [0.15, 0.2) is 0 Å². The number of rotatable bonds is 1. The van der Waals surface area contributed by atoms with Gasteiger partial charge in [-0.1, -0.05) is 11.6 Å². The van der Waals surface area contributed by atoms with Gasteiger partial charge in [0.05, 0.1) is 5.57 Å². The van der Waals surface area contributed by atoms with Gasteiger partial charge in [-0.3, -0.25) is 4.79 Å². The van der Waals surface area contributed by atoms with E-state index in [1.165, 1.54) is 0 Å². The molecule has 0 atom stereocenters. The molecule has 0 aliphatic carbocycles. The van der Waals surface area contributed by atoms with E-state index in [0.717, 1.165) is 16.7 Å². The van der Waals surface area contributed by atoms with Crippen molar-refractivity contribution in [3.05, 3.63) is 39.6 Å². The molecule has 4 nitrogen and oxygen atoms in total. The first kappa shape index (κ1) is 14.4. The van der Waals surface area contributed by atoms with Gasteiger partial charge in [-0.25, -0.2) is 0 Å². The second-order valence-electron chi connectivity index (χ2n) is 5.79. The van der Waals surface area contributed by atoms with Crippen molar-refractivity contribution in [3.63, 3.8) is 0 Å². The van der Waals surface area contributed by atoms with Gasteiger partial charge in [0, 0.05) is 31.1 Å². The maximum atomic E-state index is 12.4. The Balaban J connectivity index is 2.15. The lowest BCUT2D eigenvalue weighted by molar-refractivity contribution is -0.117. The van der Waals surface area contributed by atoms with Crippen molar-refractivity contribution in [1.29, 1.82) is 0 Å². The minimum absolute atomic E-state index is 0.143. The molecule has 2 aliphatic rings. The zero-order valence-electron chi connectivity index (χ0n) is 12.1. The van der Waals surface area contributed by atoms with Gasteiger partial charge in [0.1, 0.15) is 11.3 Å². The molecule has 1 spiro atoms. The predicted octanol–water partition coefficient (Wildman–Crippen LogP) is 2.90. The highest BCUT2D eigenvalue weighted by Crippen LogP contribution is 2.40. The second-order valence-corrected chi connectivity index (χ2v) is 6.22. The number of benzene rings is 1. The van der Waals surface area contributed by atoms with E-state index in [1.807, 2.05) is 26.0 Å². The lowest BCUT2D eigenvalue weighted by atomic mass is 9.86. The summed E-state index contributed by atoms with van der Waals surface area (Å²) in [7, 11) is 0. The zero-order chi connectivity index (χ0) is 15.2. The van der Waals surface area contributed by atoms with Gasteiger partial charge in [-0.2, -0.15) is 0 Å². The first-order chi connectivity index (χ1) is 9.94. The molecule has 2 heterocycles. The molecule has 5 heteroatoms. The molecule has 1 amide bonds. The van der Waals surface area contributed by atoms with E-state index in [0.29, 0.717) is 36.7 Å². The number of hydrogen-bond acceptors (Lipinski definition) is 3. The highest BCUT2D eigenvalue weighted by atomic mass is 35.5. The molecule has 0 saturated carbocycles. The number of carbonyl (C=O) groups is 1. The molecule has 2 aliphatic heterocycles. The van der Waals surface area contributed by atoms with Gasteiger partial charge in [0.2, 0.25) is 0 Å².